The second-order valence-corrected chi connectivity index (χ2v) is 2.98. The topological polar surface area (TPSA) is 34.1 Å². The summed E-state index contributed by atoms with van der Waals surface area (Å²) in [6, 6.07) is 0. The molecule has 0 saturated heterocycles. The maximum atomic E-state index is 11.1. The third kappa shape index (κ3) is 3.71. The Morgan fingerprint density at radius 2 is 1.82 bits per heavy atom. The van der Waals surface area contributed by atoms with Crippen LogP contribution in [0.3, 0.4) is 0 Å². The minimum Gasteiger partial charge on any atom is -0.300 e. The molecule has 0 saturated carbocycles. The molecule has 0 bridgehead atoms. The molecule has 2 heteroatoms. The van der Waals surface area contributed by atoms with Gasteiger partial charge in [-0.2, -0.15) is 0 Å². The van der Waals surface area contributed by atoms with Crippen molar-refractivity contribution in [2.75, 3.05) is 0 Å². The van der Waals surface area contributed by atoms with Crippen molar-refractivity contribution in [2.45, 2.75) is 27.2 Å². The number of ketones is 2. The van der Waals surface area contributed by atoms with E-state index in [1.54, 1.807) is 0 Å². The maximum Gasteiger partial charge on any atom is 0.165 e. The molecule has 2 nitrogen and oxygen atoms in total. The van der Waals surface area contributed by atoms with Crippen LogP contribution in [0.4, 0.5) is 0 Å². The predicted octanol–water partition coefficient (Wildman–Crippen LogP) is 1.75. The molecule has 0 N–H and O–H groups in total. The Morgan fingerprint density at radius 1 is 1.36 bits per heavy atom. The molecule has 0 aliphatic heterocycles. The zero-order valence-electron chi connectivity index (χ0n) is 7.31. The van der Waals surface area contributed by atoms with E-state index in [1.165, 1.54) is 6.92 Å². The second kappa shape index (κ2) is 4.06. The highest BCUT2D eigenvalue weighted by Crippen LogP contribution is 2.09. The molecule has 0 spiro atoms. The average Bonchev–Trinajstić information content (AvgIpc) is 1.84. The normalized spacial score (nSPS) is 9.82. The molecule has 0 fully saturated rings. The van der Waals surface area contributed by atoms with E-state index in [1.807, 2.05) is 13.8 Å². The van der Waals surface area contributed by atoms with E-state index in [0.29, 0.717) is 5.57 Å². The fourth-order valence-electron chi connectivity index (χ4n) is 0.662. The van der Waals surface area contributed by atoms with Crippen molar-refractivity contribution in [3.8, 4) is 0 Å². The summed E-state index contributed by atoms with van der Waals surface area (Å²) in [5.74, 6) is -0.0915. The van der Waals surface area contributed by atoms with Gasteiger partial charge in [-0.3, -0.25) is 9.59 Å². The highest BCUT2D eigenvalue weighted by atomic mass is 16.1. The molecule has 0 aliphatic rings. The van der Waals surface area contributed by atoms with Crippen LogP contribution >= 0.6 is 0 Å². The lowest BCUT2D eigenvalue weighted by molar-refractivity contribution is -0.124. The lowest BCUT2D eigenvalue weighted by Gasteiger charge is -2.05. The minimum atomic E-state index is -0.132. The van der Waals surface area contributed by atoms with Gasteiger partial charge >= 0.3 is 0 Å². The molecular formula is C9H14O2. The smallest absolute Gasteiger partial charge is 0.165 e. The Kier molecular flexibility index (Phi) is 3.72. The van der Waals surface area contributed by atoms with E-state index in [0.717, 1.165) is 0 Å². The van der Waals surface area contributed by atoms with Gasteiger partial charge in [-0.15, -0.1) is 0 Å². The molecule has 62 valence electrons. The quantitative estimate of drug-likeness (QED) is 0.456. The zero-order chi connectivity index (χ0) is 9.02. The zero-order valence-corrected chi connectivity index (χ0v) is 7.31. The van der Waals surface area contributed by atoms with Crippen molar-refractivity contribution in [3.63, 3.8) is 0 Å². The second-order valence-electron chi connectivity index (χ2n) is 2.98. The van der Waals surface area contributed by atoms with E-state index < -0.39 is 0 Å². The number of allylic oxidation sites excluding steroid dienone is 1. The van der Waals surface area contributed by atoms with E-state index >= 15 is 0 Å². The van der Waals surface area contributed by atoms with Gasteiger partial charge in [0.2, 0.25) is 0 Å². The predicted molar refractivity (Wildman–Crippen MR) is 44.3 cm³/mol. The summed E-state index contributed by atoms with van der Waals surface area (Å²) >= 11 is 0. The number of rotatable bonds is 4. The van der Waals surface area contributed by atoms with Gasteiger partial charge in [-0.25, -0.2) is 0 Å². The Morgan fingerprint density at radius 3 is 2.09 bits per heavy atom. The summed E-state index contributed by atoms with van der Waals surface area (Å²) in [5.41, 5.74) is 0.542. The summed E-state index contributed by atoms with van der Waals surface area (Å²) in [4.78, 5) is 21.6. The van der Waals surface area contributed by atoms with Crippen LogP contribution in [0.1, 0.15) is 27.2 Å². The van der Waals surface area contributed by atoms with Crippen LogP contribution in [0, 0.1) is 5.92 Å². The first-order valence-corrected chi connectivity index (χ1v) is 3.66. The first kappa shape index (κ1) is 10.1. The molecule has 0 unspecified atom stereocenters. The van der Waals surface area contributed by atoms with Crippen LogP contribution in [0.15, 0.2) is 12.2 Å². The summed E-state index contributed by atoms with van der Waals surface area (Å²) in [6.45, 7) is 8.79. The molecular weight excluding hydrogens is 140 g/mol. The Hall–Kier alpha value is -0.920. The van der Waals surface area contributed by atoms with Crippen molar-refractivity contribution < 1.29 is 9.59 Å². The number of carbonyl (C=O) groups excluding carboxylic acids is 2. The van der Waals surface area contributed by atoms with Gasteiger partial charge < -0.3 is 0 Å². The van der Waals surface area contributed by atoms with Crippen LogP contribution < -0.4 is 0 Å². The minimum absolute atomic E-state index is 0.00296. The summed E-state index contributed by atoms with van der Waals surface area (Å²) < 4.78 is 0. The summed E-state index contributed by atoms with van der Waals surface area (Å²) in [7, 11) is 0. The largest absolute Gasteiger partial charge is 0.300 e. The molecule has 0 aromatic rings. The molecule has 0 radical (unpaired) electrons. The monoisotopic (exact) mass is 154 g/mol. The molecule has 0 aromatic heterocycles. The Labute approximate surface area is 67.3 Å². The number of carbonyl (C=O) groups is 2. The van der Waals surface area contributed by atoms with Gasteiger partial charge in [-0.05, 0) is 18.4 Å². The lowest BCUT2D eigenvalue weighted by atomic mass is 9.98. The van der Waals surface area contributed by atoms with Gasteiger partial charge in [0.25, 0.3) is 0 Å². The van der Waals surface area contributed by atoms with Crippen LogP contribution in [-0.2, 0) is 9.59 Å². The molecule has 0 aliphatic carbocycles. The van der Waals surface area contributed by atoms with Crippen molar-refractivity contribution in [2.24, 2.45) is 5.92 Å². The first-order chi connectivity index (χ1) is 4.95. The van der Waals surface area contributed by atoms with E-state index in [4.69, 9.17) is 0 Å². The summed E-state index contributed by atoms with van der Waals surface area (Å²) in [5, 5.41) is 0. The highest BCUT2D eigenvalue weighted by molar-refractivity contribution is 6.06. The van der Waals surface area contributed by atoms with E-state index in [9.17, 15) is 9.59 Å². The van der Waals surface area contributed by atoms with Crippen LogP contribution in [0.5, 0.6) is 0 Å². The standard InChI is InChI=1S/C9H14O2/c1-6(2)8(4)9(11)5-7(3)10/h6H,4-5H2,1-3H3. The van der Waals surface area contributed by atoms with Crippen LogP contribution in [0.2, 0.25) is 0 Å². The van der Waals surface area contributed by atoms with Gasteiger partial charge in [0, 0.05) is 0 Å². The van der Waals surface area contributed by atoms with E-state index in [-0.39, 0.29) is 23.9 Å². The summed E-state index contributed by atoms with van der Waals surface area (Å²) in [6.07, 6.45) is -0.00296. The third-order valence-corrected chi connectivity index (χ3v) is 1.46. The number of Topliss-reactive ketones (excluding diaryl/α,β-unsaturated/α-hetero) is 2. The SMILES string of the molecule is C=C(C(=O)CC(C)=O)C(C)C. The fraction of sp³-hybridized carbons (Fsp3) is 0.556. The Balaban J connectivity index is 4.05. The lowest BCUT2D eigenvalue weighted by Crippen LogP contribution is -2.10. The molecule has 0 amide bonds. The van der Waals surface area contributed by atoms with Gasteiger partial charge in [0.1, 0.15) is 5.78 Å². The third-order valence-electron chi connectivity index (χ3n) is 1.46. The first-order valence-electron chi connectivity index (χ1n) is 3.66. The van der Waals surface area contributed by atoms with Crippen molar-refractivity contribution in [3.05, 3.63) is 12.2 Å². The highest BCUT2D eigenvalue weighted by Gasteiger charge is 2.11. The Bertz CT molecular complexity index is 190. The fourth-order valence-corrected chi connectivity index (χ4v) is 0.662. The number of hydrogen-bond donors (Lipinski definition) is 0. The van der Waals surface area contributed by atoms with Gasteiger partial charge in [-0.1, -0.05) is 20.4 Å². The van der Waals surface area contributed by atoms with Crippen LogP contribution in [0.25, 0.3) is 0 Å². The molecule has 0 aromatic carbocycles. The number of hydrogen-bond acceptors (Lipinski definition) is 2. The molecule has 0 heterocycles. The van der Waals surface area contributed by atoms with E-state index in [2.05, 4.69) is 6.58 Å². The van der Waals surface area contributed by atoms with Crippen molar-refractivity contribution >= 4 is 11.6 Å². The van der Waals surface area contributed by atoms with Crippen molar-refractivity contribution in [1.29, 1.82) is 0 Å². The average molecular weight is 154 g/mol. The molecule has 0 rings (SSSR count). The van der Waals surface area contributed by atoms with Gasteiger partial charge in [0.15, 0.2) is 5.78 Å². The molecule has 11 heavy (non-hydrogen) atoms. The van der Waals surface area contributed by atoms with Crippen LogP contribution in [-0.4, -0.2) is 11.6 Å². The van der Waals surface area contributed by atoms with Gasteiger partial charge in [0.05, 0.1) is 6.42 Å². The molecule has 0 atom stereocenters. The van der Waals surface area contributed by atoms with Crippen molar-refractivity contribution in [1.82, 2.24) is 0 Å². The maximum absolute atomic E-state index is 11.1.